The lowest BCUT2D eigenvalue weighted by atomic mass is 9.82. The molecule has 0 spiro atoms. The van der Waals surface area contributed by atoms with Crippen LogP contribution in [0.4, 0.5) is 11.4 Å². The minimum atomic E-state index is -0.496. The van der Waals surface area contributed by atoms with Crippen molar-refractivity contribution in [2.75, 3.05) is 19.7 Å². The van der Waals surface area contributed by atoms with Crippen molar-refractivity contribution in [2.24, 2.45) is 22.6 Å². The number of aromatic nitrogens is 2. The highest BCUT2D eigenvalue weighted by Gasteiger charge is 2.55. The Kier molecular flexibility index (Phi) is 6.85. The van der Waals surface area contributed by atoms with Crippen molar-refractivity contribution >= 4 is 46.4 Å². The van der Waals surface area contributed by atoms with Crippen molar-refractivity contribution in [2.45, 2.75) is 64.0 Å². The number of quaternary nitrogens is 1. The van der Waals surface area contributed by atoms with Gasteiger partial charge in [-0.15, -0.1) is 0 Å². The van der Waals surface area contributed by atoms with E-state index < -0.39 is 4.65 Å². The number of halogens is 2. The molecule has 1 saturated heterocycles. The zero-order valence-electron chi connectivity index (χ0n) is 21.5. The standard InChI is InChI=1S/C27H34Cl2N7O2/c1-15-5-7-16(8-6-15)14-36(37)25-22(17-11-18(28)13-32-12-17)33-24(26(30)31)21(29)23(25)34-27(36)35-9-10-38-20-4-2-3-19(20)35/h11-13,15-16,19-20,37H,2-10,14H2,1H3,(H3,30,31)/q+1/t15-,16-,19-,20-,36?/m1/s1. The highest BCUT2D eigenvalue weighted by Crippen LogP contribution is 2.52. The second-order valence-corrected chi connectivity index (χ2v) is 12.0. The lowest BCUT2D eigenvalue weighted by Crippen LogP contribution is -2.64. The first-order valence-electron chi connectivity index (χ1n) is 13.5. The minimum Gasteiger partial charge on any atom is -0.382 e. The number of guanidine groups is 1. The van der Waals surface area contributed by atoms with Crippen molar-refractivity contribution in [3.8, 4) is 11.3 Å². The fraction of sp³-hybridized carbons (Fsp3) is 0.556. The van der Waals surface area contributed by atoms with Gasteiger partial charge in [-0.1, -0.05) is 47.6 Å². The summed E-state index contributed by atoms with van der Waals surface area (Å²) in [5.74, 6) is 1.29. The summed E-state index contributed by atoms with van der Waals surface area (Å²) >= 11 is 13.2. The van der Waals surface area contributed by atoms with E-state index in [0.717, 1.165) is 44.9 Å². The van der Waals surface area contributed by atoms with E-state index in [2.05, 4.69) is 16.8 Å². The third kappa shape index (κ3) is 4.38. The molecule has 2 aromatic rings. The third-order valence-electron chi connectivity index (χ3n) is 8.63. The van der Waals surface area contributed by atoms with Crippen LogP contribution in [0.1, 0.15) is 57.6 Å². The fourth-order valence-corrected chi connectivity index (χ4v) is 7.16. The number of nitrogens with two attached hydrogens (primary N) is 1. The molecule has 38 heavy (non-hydrogen) atoms. The number of hydroxylamine groups is 2. The molecule has 2 aromatic heterocycles. The molecule has 9 nitrogen and oxygen atoms in total. The Morgan fingerprint density at radius 1 is 1.21 bits per heavy atom. The molecular formula is C27H34Cl2N7O2+. The Morgan fingerprint density at radius 2 is 2.00 bits per heavy atom. The maximum atomic E-state index is 12.8. The predicted molar refractivity (Wildman–Crippen MR) is 149 cm³/mol. The van der Waals surface area contributed by atoms with E-state index in [9.17, 15) is 5.21 Å². The molecule has 0 bridgehead atoms. The fourth-order valence-electron chi connectivity index (χ4n) is 6.71. The van der Waals surface area contributed by atoms with E-state index in [0.29, 0.717) is 65.1 Å². The van der Waals surface area contributed by atoms with E-state index in [4.69, 9.17) is 49.1 Å². The summed E-state index contributed by atoms with van der Waals surface area (Å²) in [6.45, 7) is 3.97. The maximum absolute atomic E-state index is 12.8. The number of aliphatic imine (C=N–C) groups is 1. The van der Waals surface area contributed by atoms with Gasteiger partial charge in [0.1, 0.15) is 28.8 Å². The van der Waals surface area contributed by atoms with Crippen molar-refractivity contribution in [1.82, 2.24) is 19.5 Å². The largest absolute Gasteiger partial charge is 0.382 e. The van der Waals surface area contributed by atoms with Gasteiger partial charge in [0.25, 0.3) is 0 Å². The van der Waals surface area contributed by atoms with Crippen LogP contribution in [-0.2, 0) is 4.74 Å². The average molecular weight is 560 g/mol. The number of hydrogen-bond donors (Lipinski definition) is 3. The highest BCUT2D eigenvalue weighted by atomic mass is 35.5. The molecule has 1 unspecified atom stereocenters. The first kappa shape index (κ1) is 26.0. The Hall–Kier alpha value is -2.30. The number of amidine groups is 1. The number of rotatable bonds is 4. The number of ether oxygens (including phenoxy) is 1. The Morgan fingerprint density at radius 3 is 2.74 bits per heavy atom. The molecule has 3 fully saturated rings. The molecule has 4 heterocycles. The second kappa shape index (κ2) is 10.0. The van der Waals surface area contributed by atoms with E-state index in [1.807, 2.05) is 0 Å². The lowest BCUT2D eigenvalue weighted by molar-refractivity contribution is -0.0656. The van der Waals surface area contributed by atoms with Crippen molar-refractivity contribution < 1.29 is 9.94 Å². The number of morpholine rings is 1. The first-order valence-corrected chi connectivity index (χ1v) is 14.3. The van der Waals surface area contributed by atoms with Crippen LogP contribution in [0.2, 0.25) is 10.0 Å². The summed E-state index contributed by atoms with van der Waals surface area (Å²) in [4.78, 5) is 16.3. The van der Waals surface area contributed by atoms with Crippen LogP contribution in [0.15, 0.2) is 23.5 Å². The zero-order chi connectivity index (χ0) is 26.6. The molecule has 11 heteroatoms. The number of pyridine rings is 2. The summed E-state index contributed by atoms with van der Waals surface area (Å²) in [7, 11) is 0. The van der Waals surface area contributed by atoms with Gasteiger partial charge < -0.3 is 15.4 Å². The van der Waals surface area contributed by atoms with E-state index in [-0.39, 0.29) is 28.7 Å². The van der Waals surface area contributed by atoms with Crippen molar-refractivity contribution in [3.63, 3.8) is 0 Å². The van der Waals surface area contributed by atoms with Gasteiger partial charge in [0, 0.05) is 30.4 Å². The molecule has 2 aliphatic heterocycles. The van der Waals surface area contributed by atoms with E-state index in [1.54, 1.807) is 18.5 Å². The van der Waals surface area contributed by atoms with Crippen LogP contribution in [-0.4, -0.2) is 63.7 Å². The normalized spacial score (nSPS) is 30.6. The van der Waals surface area contributed by atoms with Crippen LogP contribution in [0.25, 0.3) is 11.3 Å². The molecule has 4 N–H and O–H groups in total. The number of nitrogen functional groups attached to an aromatic ring is 1. The molecule has 2 saturated carbocycles. The van der Waals surface area contributed by atoms with Crippen LogP contribution in [0.5, 0.6) is 0 Å². The van der Waals surface area contributed by atoms with Crippen molar-refractivity contribution in [3.05, 3.63) is 34.2 Å². The number of nitrogens with zero attached hydrogens (tertiary/aromatic N) is 5. The van der Waals surface area contributed by atoms with Gasteiger partial charge in [-0.2, -0.15) is 4.99 Å². The smallest absolute Gasteiger partial charge is 0.344 e. The van der Waals surface area contributed by atoms with Gasteiger partial charge in [0.05, 0.1) is 23.8 Å². The molecule has 6 rings (SSSR count). The van der Waals surface area contributed by atoms with E-state index in [1.165, 1.54) is 0 Å². The summed E-state index contributed by atoms with van der Waals surface area (Å²) in [6, 6.07) is 1.89. The SMILES string of the molecule is C[C@H]1CC[C@H](C[N+]2(O)C(N3CCO[C@@H]4CCC[C@H]43)=Nc3c(Cl)c(C(=N)N)nc(-c4cncc(Cl)c4)c32)CC1. The Labute approximate surface area is 232 Å². The van der Waals surface area contributed by atoms with Crippen LogP contribution in [0.3, 0.4) is 0 Å². The number of fused-ring (bicyclic) bond motifs is 2. The molecule has 0 radical (unpaired) electrons. The van der Waals surface area contributed by atoms with Crippen LogP contribution >= 0.6 is 23.2 Å². The monoisotopic (exact) mass is 558 g/mol. The third-order valence-corrected chi connectivity index (χ3v) is 9.20. The molecule has 2 aliphatic carbocycles. The second-order valence-electron chi connectivity index (χ2n) is 11.2. The van der Waals surface area contributed by atoms with E-state index >= 15 is 0 Å². The summed E-state index contributed by atoms with van der Waals surface area (Å²) in [5.41, 5.74) is 8.00. The van der Waals surface area contributed by atoms with Crippen molar-refractivity contribution in [1.29, 1.82) is 5.41 Å². The number of nitrogens with one attached hydrogen (secondary N) is 1. The van der Waals surface area contributed by atoms with Gasteiger partial charge in [-0.05, 0) is 44.1 Å². The molecule has 0 aromatic carbocycles. The van der Waals surface area contributed by atoms with Gasteiger partial charge in [0.2, 0.25) is 5.69 Å². The summed E-state index contributed by atoms with van der Waals surface area (Å²) in [5, 5.41) is 21.6. The van der Waals surface area contributed by atoms with Gasteiger partial charge >= 0.3 is 5.96 Å². The highest BCUT2D eigenvalue weighted by molar-refractivity contribution is 6.37. The van der Waals surface area contributed by atoms with Crippen LogP contribution in [0, 0.1) is 17.2 Å². The molecular weight excluding hydrogens is 525 g/mol. The Bertz CT molecular complexity index is 1300. The Balaban J connectivity index is 1.54. The van der Waals surface area contributed by atoms with Crippen LogP contribution < -0.4 is 10.4 Å². The first-order chi connectivity index (χ1) is 18.3. The molecule has 202 valence electrons. The summed E-state index contributed by atoms with van der Waals surface area (Å²) < 4.78 is 5.59. The molecule has 3 atom stereocenters. The van der Waals surface area contributed by atoms with Gasteiger partial charge in [-0.25, -0.2) is 10.2 Å². The topological polar surface area (TPSA) is 121 Å². The quantitative estimate of drug-likeness (QED) is 0.258. The molecule has 4 aliphatic rings. The minimum absolute atomic E-state index is 0.122. The summed E-state index contributed by atoms with van der Waals surface area (Å²) in [6.07, 6.45) is 10.7. The zero-order valence-corrected chi connectivity index (χ0v) is 23.0. The maximum Gasteiger partial charge on any atom is 0.344 e. The molecule has 0 amide bonds. The van der Waals surface area contributed by atoms with Gasteiger partial charge in [-0.3, -0.25) is 10.4 Å². The average Bonchev–Trinajstić information content (AvgIpc) is 3.49. The lowest BCUT2D eigenvalue weighted by Gasteiger charge is -2.42. The predicted octanol–water partition coefficient (Wildman–Crippen LogP) is 5.51. The number of hydrogen-bond acceptors (Lipinski definition) is 7. The van der Waals surface area contributed by atoms with Gasteiger partial charge in [0.15, 0.2) is 5.69 Å².